The second-order valence-electron chi connectivity index (χ2n) is 4.64. The maximum Gasteiger partial charge on any atom is 0.363 e. The summed E-state index contributed by atoms with van der Waals surface area (Å²) in [7, 11) is -3.53. The minimum Gasteiger partial charge on any atom is -0.376 e. The maximum atomic E-state index is 12.7. The Hall–Kier alpha value is -0.670. The van der Waals surface area contributed by atoms with Crippen molar-refractivity contribution in [2.75, 3.05) is 13.2 Å². The number of aliphatic hydroxyl groups is 1. The smallest absolute Gasteiger partial charge is 0.363 e. The SMILES string of the molecule is CCCCCCOP(=O)(OCC)C(O)c1ccccc1. The van der Waals surface area contributed by atoms with Gasteiger partial charge in [-0.15, -0.1) is 0 Å². The first-order chi connectivity index (χ1) is 9.64. The van der Waals surface area contributed by atoms with Gasteiger partial charge < -0.3 is 14.2 Å². The first kappa shape index (κ1) is 17.4. The number of benzene rings is 1. The zero-order chi connectivity index (χ0) is 14.8. The van der Waals surface area contributed by atoms with Crippen molar-refractivity contribution in [2.45, 2.75) is 45.4 Å². The Labute approximate surface area is 121 Å². The quantitative estimate of drug-likeness (QED) is 0.510. The Bertz CT molecular complexity index is 408. The predicted molar refractivity (Wildman–Crippen MR) is 80.7 cm³/mol. The average molecular weight is 300 g/mol. The van der Waals surface area contributed by atoms with Crippen molar-refractivity contribution >= 4 is 7.60 Å². The summed E-state index contributed by atoms with van der Waals surface area (Å²) in [4.78, 5) is 0. The highest BCUT2D eigenvalue weighted by Gasteiger charge is 2.35. The predicted octanol–water partition coefficient (Wildman–Crippen LogP) is 4.50. The molecule has 0 saturated heterocycles. The molecule has 1 aromatic carbocycles. The lowest BCUT2D eigenvalue weighted by molar-refractivity contribution is 0.144. The van der Waals surface area contributed by atoms with E-state index < -0.39 is 13.4 Å². The van der Waals surface area contributed by atoms with Gasteiger partial charge in [-0.05, 0) is 18.9 Å². The zero-order valence-corrected chi connectivity index (χ0v) is 13.2. The summed E-state index contributed by atoms with van der Waals surface area (Å²) in [6, 6.07) is 8.85. The molecule has 0 radical (unpaired) electrons. The van der Waals surface area contributed by atoms with Gasteiger partial charge >= 0.3 is 7.60 Å². The third kappa shape index (κ3) is 5.37. The molecule has 0 saturated carbocycles. The summed E-state index contributed by atoms with van der Waals surface area (Å²) in [5.74, 6) is -1.23. The number of rotatable bonds is 10. The molecule has 1 N–H and O–H groups in total. The van der Waals surface area contributed by atoms with Crippen molar-refractivity contribution in [3.05, 3.63) is 35.9 Å². The van der Waals surface area contributed by atoms with E-state index >= 15 is 0 Å². The van der Waals surface area contributed by atoms with E-state index in [1.165, 1.54) is 0 Å². The lowest BCUT2D eigenvalue weighted by Crippen LogP contribution is -2.07. The van der Waals surface area contributed by atoms with E-state index in [0.29, 0.717) is 12.2 Å². The molecule has 0 amide bonds. The highest BCUT2D eigenvalue weighted by atomic mass is 31.2. The van der Waals surface area contributed by atoms with Gasteiger partial charge in [0.15, 0.2) is 5.85 Å². The average Bonchev–Trinajstić information content (AvgIpc) is 2.47. The molecule has 0 aliphatic heterocycles. The minimum atomic E-state index is -3.53. The molecule has 1 aromatic rings. The second kappa shape index (κ2) is 9.30. The highest BCUT2D eigenvalue weighted by Crippen LogP contribution is 2.59. The lowest BCUT2D eigenvalue weighted by Gasteiger charge is -2.23. The molecule has 0 fully saturated rings. The summed E-state index contributed by atoms with van der Waals surface area (Å²) in [5.41, 5.74) is 0.554. The molecule has 114 valence electrons. The van der Waals surface area contributed by atoms with Crippen LogP contribution in [0, 0.1) is 0 Å². The zero-order valence-electron chi connectivity index (χ0n) is 12.3. The third-order valence-corrected chi connectivity index (χ3v) is 5.03. The number of hydrogen-bond acceptors (Lipinski definition) is 4. The Morgan fingerprint density at radius 1 is 1.10 bits per heavy atom. The Morgan fingerprint density at radius 2 is 1.80 bits per heavy atom. The summed E-state index contributed by atoms with van der Waals surface area (Å²) >= 11 is 0. The molecular formula is C15H25O4P. The lowest BCUT2D eigenvalue weighted by atomic mass is 10.2. The van der Waals surface area contributed by atoms with Crippen LogP contribution in [0.25, 0.3) is 0 Å². The van der Waals surface area contributed by atoms with Gasteiger partial charge in [-0.25, -0.2) is 0 Å². The molecular weight excluding hydrogens is 275 g/mol. The van der Waals surface area contributed by atoms with Crippen LogP contribution in [0.1, 0.15) is 50.9 Å². The van der Waals surface area contributed by atoms with Crippen LogP contribution in [-0.4, -0.2) is 18.3 Å². The van der Waals surface area contributed by atoms with Gasteiger partial charge in [0, 0.05) is 0 Å². The fraction of sp³-hybridized carbons (Fsp3) is 0.600. The van der Waals surface area contributed by atoms with Gasteiger partial charge in [0.25, 0.3) is 0 Å². The standard InChI is InChI=1S/C15H25O4P/c1-3-5-6-10-13-19-20(17,18-4-2)15(16)14-11-8-7-9-12-14/h7-9,11-12,15-16H,3-6,10,13H2,1-2H3. The Balaban J connectivity index is 2.63. The third-order valence-electron chi connectivity index (χ3n) is 2.98. The van der Waals surface area contributed by atoms with Crippen LogP contribution in [0.5, 0.6) is 0 Å². The van der Waals surface area contributed by atoms with Crippen molar-refractivity contribution < 1.29 is 18.7 Å². The molecule has 20 heavy (non-hydrogen) atoms. The Morgan fingerprint density at radius 3 is 2.40 bits per heavy atom. The molecule has 0 bridgehead atoms. The molecule has 0 aliphatic carbocycles. The molecule has 4 nitrogen and oxygen atoms in total. The van der Waals surface area contributed by atoms with Crippen molar-refractivity contribution in [1.82, 2.24) is 0 Å². The van der Waals surface area contributed by atoms with E-state index in [9.17, 15) is 9.67 Å². The molecule has 0 aliphatic rings. The molecule has 0 aromatic heterocycles. The fourth-order valence-electron chi connectivity index (χ4n) is 1.89. The van der Waals surface area contributed by atoms with Crippen LogP contribution >= 0.6 is 7.60 Å². The van der Waals surface area contributed by atoms with E-state index in [4.69, 9.17) is 9.05 Å². The van der Waals surface area contributed by atoms with Gasteiger partial charge in [-0.3, -0.25) is 4.57 Å². The molecule has 0 spiro atoms. The normalized spacial score (nSPS) is 15.8. The summed E-state index contributed by atoms with van der Waals surface area (Å²) in [6.45, 7) is 4.47. The van der Waals surface area contributed by atoms with E-state index in [-0.39, 0.29) is 6.61 Å². The van der Waals surface area contributed by atoms with Gasteiger partial charge in [0.1, 0.15) is 0 Å². The van der Waals surface area contributed by atoms with Crippen molar-refractivity contribution in [1.29, 1.82) is 0 Å². The molecule has 1 rings (SSSR count). The number of hydrogen-bond donors (Lipinski definition) is 1. The Kier molecular flexibility index (Phi) is 8.08. The van der Waals surface area contributed by atoms with Crippen molar-refractivity contribution in [3.8, 4) is 0 Å². The molecule has 5 heteroatoms. The first-order valence-electron chi connectivity index (χ1n) is 7.26. The summed E-state index contributed by atoms with van der Waals surface area (Å²) in [6.07, 6.45) is 4.12. The fourth-order valence-corrected chi connectivity index (χ4v) is 3.52. The number of aliphatic hydroxyl groups excluding tert-OH is 1. The van der Waals surface area contributed by atoms with Crippen LogP contribution in [0.4, 0.5) is 0 Å². The van der Waals surface area contributed by atoms with Crippen LogP contribution in [0.2, 0.25) is 0 Å². The summed E-state index contributed by atoms with van der Waals surface area (Å²) < 4.78 is 23.3. The molecule has 2 atom stereocenters. The van der Waals surface area contributed by atoms with Crippen LogP contribution in [-0.2, 0) is 13.6 Å². The second-order valence-corrected chi connectivity index (χ2v) is 6.72. The van der Waals surface area contributed by atoms with E-state index in [0.717, 1.165) is 25.7 Å². The largest absolute Gasteiger partial charge is 0.376 e. The maximum absolute atomic E-state index is 12.7. The first-order valence-corrected chi connectivity index (χ1v) is 8.87. The van der Waals surface area contributed by atoms with E-state index in [1.807, 2.05) is 6.07 Å². The molecule has 0 heterocycles. The van der Waals surface area contributed by atoms with Gasteiger partial charge in [-0.1, -0.05) is 56.5 Å². The van der Waals surface area contributed by atoms with E-state index in [1.54, 1.807) is 31.2 Å². The summed E-state index contributed by atoms with van der Waals surface area (Å²) in [5, 5.41) is 10.3. The van der Waals surface area contributed by atoms with Gasteiger partial charge in [0.05, 0.1) is 13.2 Å². The molecule has 2 unspecified atom stereocenters. The van der Waals surface area contributed by atoms with Crippen molar-refractivity contribution in [3.63, 3.8) is 0 Å². The van der Waals surface area contributed by atoms with Crippen molar-refractivity contribution in [2.24, 2.45) is 0 Å². The van der Waals surface area contributed by atoms with Gasteiger partial charge in [0.2, 0.25) is 0 Å². The monoisotopic (exact) mass is 300 g/mol. The highest BCUT2D eigenvalue weighted by molar-refractivity contribution is 7.54. The topological polar surface area (TPSA) is 55.8 Å². The van der Waals surface area contributed by atoms with Gasteiger partial charge in [-0.2, -0.15) is 0 Å². The minimum absolute atomic E-state index is 0.246. The van der Waals surface area contributed by atoms with Crippen LogP contribution in [0.3, 0.4) is 0 Å². The van der Waals surface area contributed by atoms with Crippen LogP contribution < -0.4 is 0 Å². The van der Waals surface area contributed by atoms with Crippen LogP contribution in [0.15, 0.2) is 30.3 Å². The van der Waals surface area contributed by atoms with E-state index in [2.05, 4.69) is 6.92 Å². The number of unbranched alkanes of at least 4 members (excludes halogenated alkanes) is 3.